The number of piperazine rings is 1. The highest BCUT2D eigenvalue weighted by Crippen LogP contribution is 2.33. The minimum absolute atomic E-state index is 0.0634. The van der Waals surface area contributed by atoms with E-state index < -0.39 is 10.0 Å². The van der Waals surface area contributed by atoms with Crippen LogP contribution in [0, 0.1) is 0 Å². The van der Waals surface area contributed by atoms with Crippen LogP contribution in [0.5, 0.6) is 0 Å². The van der Waals surface area contributed by atoms with Gasteiger partial charge < -0.3 is 4.57 Å². The maximum atomic E-state index is 13.4. The number of fused-ring (bicyclic) bond motifs is 1. The maximum absolute atomic E-state index is 13.4. The number of rotatable bonds is 5. The summed E-state index contributed by atoms with van der Waals surface area (Å²) in [6.45, 7) is 2.25. The average molecular weight is 412 g/mol. The zero-order valence-corrected chi connectivity index (χ0v) is 17.5. The summed E-state index contributed by atoms with van der Waals surface area (Å²) in [6.07, 6.45) is 1.23. The Morgan fingerprint density at radius 3 is 2.21 bits per heavy atom. The number of aromatic nitrogens is 1. The Balaban J connectivity index is 1.66. The molecule has 1 aliphatic heterocycles. The molecule has 0 atom stereocenters. The molecule has 4 rings (SSSR count). The van der Waals surface area contributed by atoms with E-state index in [2.05, 4.69) is 4.57 Å². The molecule has 0 radical (unpaired) electrons. The van der Waals surface area contributed by atoms with Gasteiger partial charge in [-0.3, -0.25) is 9.69 Å². The Hall–Kier alpha value is -2.48. The molecule has 2 heterocycles. The van der Waals surface area contributed by atoms with Crippen LogP contribution >= 0.6 is 0 Å². The quantitative estimate of drug-likeness (QED) is 0.606. The fraction of sp³-hybridized carbons (Fsp3) is 0.318. The van der Waals surface area contributed by atoms with Crippen molar-refractivity contribution in [2.24, 2.45) is 7.05 Å². The van der Waals surface area contributed by atoms with Gasteiger partial charge in [-0.1, -0.05) is 48.5 Å². The second kappa shape index (κ2) is 7.74. The van der Waals surface area contributed by atoms with Crippen molar-refractivity contribution in [2.45, 2.75) is 0 Å². The van der Waals surface area contributed by atoms with Crippen molar-refractivity contribution in [3.05, 3.63) is 60.2 Å². The molecule has 2 aromatic carbocycles. The van der Waals surface area contributed by atoms with Crippen molar-refractivity contribution < 1.29 is 13.2 Å². The van der Waals surface area contributed by atoms with E-state index in [1.165, 1.54) is 10.6 Å². The predicted molar refractivity (Wildman–Crippen MR) is 116 cm³/mol. The molecule has 0 N–H and O–H groups in total. The monoisotopic (exact) mass is 411 g/mol. The van der Waals surface area contributed by atoms with Gasteiger partial charge in [0.25, 0.3) is 0 Å². The molecule has 6 nitrogen and oxygen atoms in total. The van der Waals surface area contributed by atoms with Crippen LogP contribution in [0.4, 0.5) is 0 Å². The molecule has 152 valence electrons. The summed E-state index contributed by atoms with van der Waals surface area (Å²) in [5.41, 5.74) is 3.69. The topological polar surface area (TPSA) is 62.6 Å². The molecule has 3 aromatic rings. The minimum Gasteiger partial charge on any atom is -0.343 e. The normalized spacial score (nSPS) is 16.3. The van der Waals surface area contributed by atoms with Gasteiger partial charge in [0.1, 0.15) is 0 Å². The van der Waals surface area contributed by atoms with Crippen LogP contribution in [-0.4, -0.2) is 67.0 Å². The number of hydrogen-bond donors (Lipinski definition) is 0. The molecule has 29 heavy (non-hydrogen) atoms. The lowest BCUT2D eigenvalue weighted by Gasteiger charge is -2.32. The van der Waals surface area contributed by atoms with Crippen LogP contribution < -0.4 is 0 Å². The van der Waals surface area contributed by atoms with E-state index in [0.717, 1.165) is 27.7 Å². The van der Waals surface area contributed by atoms with E-state index in [1.807, 2.05) is 66.5 Å². The summed E-state index contributed by atoms with van der Waals surface area (Å²) in [5.74, 6) is 0.0634. The first-order valence-electron chi connectivity index (χ1n) is 9.70. The molecular weight excluding hydrogens is 386 g/mol. The third-order valence-corrected chi connectivity index (χ3v) is 6.90. The molecule has 0 amide bonds. The molecule has 0 unspecified atom stereocenters. The number of Topliss-reactive ketones (excluding diaryl/α,β-unsaturated/α-hetero) is 1. The van der Waals surface area contributed by atoms with Crippen LogP contribution in [0.1, 0.15) is 10.4 Å². The van der Waals surface area contributed by atoms with Gasteiger partial charge in [0, 0.05) is 44.1 Å². The Morgan fingerprint density at radius 2 is 1.55 bits per heavy atom. The molecular formula is C22H25N3O3S. The van der Waals surface area contributed by atoms with Crippen molar-refractivity contribution in [1.82, 2.24) is 13.8 Å². The molecule has 1 fully saturated rings. The van der Waals surface area contributed by atoms with Gasteiger partial charge in [-0.15, -0.1) is 0 Å². The molecule has 1 saturated heterocycles. The zero-order chi connectivity index (χ0) is 20.6. The van der Waals surface area contributed by atoms with Gasteiger partial charge in [-0.25, -0.2) is 8.42 Å². The zero-order valence-electron chi connectivity index (χ0n) is 16.7. The lowest BCUT2D eigenvalue weighted by Crippen LogP contribution is -2.49. The number of benzene rings is 2. The fourth-order valence-electron chi connectivity index (χ4n) is 4.11. The lowest BCUT2D eigenvalue weighted by atomic mass is 10.0. The molecule has 1 aliphatic rings. The average Bonchev–Trinajstić information content (AvgIpc) is 3.01. The first-order valence-corrected chi connectivity index (χ1v) is 11.5. The molecule has 0 bridgehead atoms. The van der Waals surface area contributed by atoms with E-state index >= 15 is 0 Å². The highest BCUT2D eigenvalue weighted by molar-refractivity contribution is 7.88. The van der Waals surface area contributed by atoms with Crippen molar-refractivity contribution in [3.63, 3.8) is 0 Å². The smallest absolute Gasteiger partial charge is 0.211 e. The maximum Gasteiger partial charge on any atom is 0.211 e. The largest absolute Gasteiger partial charge is 0.343 e. The molecule has 0 saturated carbocycles. The molecule has 0 spiro atoms. The van der Waals surface area contributed by atoms with Crippen LogP contribution in [0.15, 0.2) is 54.6 Å². The van der Waals surface area contributed by atoms with Crippen LogP contribution in [0.3, 0.4) is 0 Å². The summed E-state index contributed by atoms with van der Waals surface area (Å²) in [4.78, 5) is 15.5. The predicted octanol–water partition coefficient (Wildman–Crippen LogP) is 2.61. The van der Waals surface area contributed by atoms with Crippen LogP contribution in [0.2, 0.25) is 0 Å². The number of ketones is 1. The van der Waals surface area contributed by atoms with Gasteiger partial charge >= 0.3 is 0 Å². The van der Waals surface area contributed by atoms with Gasteiger partial charge in [0.05, 0.1) is 24.1 Å². The summed E-state index contributed by atoms with van der Waals surface area (Å²) in [5, 5.41) is 0.952. The van der Waals surface area contributed by atoms with E-state index in [4.69, 9.17) is 0 Å². The van der Waals surface area contributed by atoms with Gasteiger partial charge in [-0.05, 0) is 11.6 Å². The molecule has 7 heteroatoms. The van der Waals surface area contributed by atoms with E-state index in [1.54, 1.807) is 0 Å². The second-order valence-corrected chi connectivity index (χ2v) is 9.51. The van der Waals surface area contributed by atoms with Crippen LogP contribution in [0.25, 0.3) is 22.2 Å². The van der Waals surface area contributed by atoms with E-state index in [9.17, 15) is 13.2 Å². The second-order valence-electron chi connectivity index (χ2n) is 7.53. The Labute approximate surface area is 171 Å². The SMILES string of the molecule is Cn1c(-c2ccccc2)c(C(=O)CN2CCN(S(C)(=O)=O)CC2)c2ccccc21. The summed E-state index contributed by atoms with van der Waals surface area (Å²) < 4.78 is 27.0. The number of hydrogen-bond acceptors (Lipinski definition) is 4. The van der Waals surface area contributed by atoms with Gasteiger partial charge in [-0.2, -0.15) is 4.31 Å². The highest BCUT2D eigenvalue weighted by Gasteiger charge is 2.27. The van der Waals surface area contributed by atoms with Crippen molar-refractivity contribution in [3.8, 4) is 11.3 Å². The number of sulfonamides is 1. The number of nitrogens with zero attached hydrogens (tertiary/aromatic N) is 3. The van der Waals surface area contributed by atoms with Crippen molar-refractivity contribution >= 4 is 26.7 Å². The first-order chi connectivity index (χ1) is 13.9. The number of carbonyl (C=O) groups is 1. The summed E-state index contributed by atoms with van der Waals surface area (Å²) in [7, 11) is -1.19. The van der Waals surface area contributed by atoms with Crippen molar-refractivity contribution in [2.75, 3.05) is 39.0 Å². The first kappa shape index (κ1) is 19.8. The van der Waals surface area contributed by atoms with Crippen molar-refractivity contribution in [1.29, 1.82) is 0 Å². The highest BCUT2D eigenvalue weighted by atomic mass is 32.2. The number of para-hydroxylation sites is 1. The summed E-state index contributed by atoms with van der Waals surface area (Å²) in [6, 6.07) is 17.9. The fourth-order valence-corrected chi connectivity index (χ4v) is 4.94. The summed E-state index contributed by atoms with van der Waals surface area (Å²) >= 11 is 0. The Bertz CT molecular complexity index is 1140. The minimum atomic E-state index is -3.18. The Morgan fingerprint density at radius 1 is 0.931 bits per heavy atom. The third-order valence-electron chi connectivity index (χ3n) is 5.60. The van der Waals surface area contributed by atoms with Crippen LogP contribution in [-0.2, 0) is 17.1 Å². The van der Waals surface area contributed by atoms with E-state index in [0.29, 0.717) is 26.2 Å². The number of aryl methyl sites for hydroxylation is 1. The third kappa shape index (κ3) is 3.85. The Kier molecular flexibility index (Phi) is 5.29. The van der Waals surface area contributed by atoms with Gasteiger partial charge in [0.2, 0.25) is 10.0 Å². The molecule has 0 aliphatic carbocycles. The molecule has 1 aromatic heterocycles. The number of carbonyl (C=O) groups excluding carboxylic acids is 1. The van der Waals surface area contributed by atoms with Gasteiger partial charge in [0.15, 0.2) is 5.78 Å². The lowest BCUT2D eigenvalue weighted by molar-refractivity contribution is 0.0904. The standard InChI is InChI=1S/C22H25N3O3S/c1-23-19-11-7-6-10-18(19)21(22(23)17-8-4-3-5-9-17)20(26)16-24-12-14-25(15-13-24)29(2,27)28/h3-11H,12-16H2,1-2H3. The van der Waals surface area contributed by atoms with E-state index in [-0.39, 0.29) is 12.3 Å².